The molecule has 1 aromatic carbocycles. The minimum Gasteiger partial charge on any atom is -0.380 e. The molecule has 1 fully saturated rings. The topological polar surface area (TPSA) is 29.5 Å². The van der Waals surface area contributed by atoms with Gasteiger partial charge in [0.15, 0.2) is 0 Å². The fraction of sp³-hybridized carbons (Fsp3) is 0.444. The van der Waals surface area contributed by atoms with Crippen molar-refractivity contribution in [3.8, 4) is 0 Å². The SMILES string of the molecule is C[N+]1(CCC(O)(c2ccccc2)c2ccsc2)CCOCC1. The van der Waals surface area contributed by atoms with Crippen LogP contribution in [0, 0.1) is 0 Å². The molecule has 0 aliphatic carbocycles. The van der Waals surface area contributed by atoms with Gasteiger partial charge in [0, 0.05) is 6.42 Å². The molecule has 4 heteroatoms. The van der Waals surface area contributed by atoms with Gasteiger partial charge in [-0.05, 0) is 28.0 Å². The molecule has 3 nitrogen and oxygen atoms in total. The molecule has 1 atom stereocenters. The van der Waals surface area contributed by atoms with Gasteiger partial charge in [-0.3, -0.25) is 0 Å². The summed E-state index contributed by atoms with van der Waals surface area (Å²) >= 11 is 1.64. The van der Waals surface area contributed by atoms with Gasteiger partial charge in [-0.25, -0.2) is 0 Å². The van der Waals surface area contributed by atoms with Gasteiger partial charge in [0.05, 0.1) is 26.8 Å². The van der Waals surface area contributed by atoms with E-state index in [0.29, 0.717) is 0 Å². The molecule has 0 radical (unpaired) electrons. The molecule has 1 aromatic heterocycles. The summed E-state index contributed by atoms with van der Waals surface area (Å²) in [6, 6.07) is 12.1. The van der Waals surface area contributed by atoms with Crippen molar-refractivity contribution in [2.75, 3.05) is 39.9 Å². The monoisotopic (exact) mass is 318 g/mol. The van der Waals surface area contributed by atoms with Crippen molar-refractivity contribution < 1.29 is 14.3 Å². The third-order valence-electron chi connectivity index (χ3n) is 4.81. The molecule has 0 bridgehead atoms. The van der Waals surface area contributed by atoms with E-state index in [0.717, 1.165) is 54.9 Å². The third kappa shape index (κ3) is 3.25. The average molecular weight is 318 g/mol. The van der Waals surface area contributed by atoms with Crippen LogP contribution in [0.1, 0.15) is 17.5 Å². The van der Waals surface area contributed by atoms with E-state index in [-0.39, 0.29) is 0 Å². The van der Waals surface area contributed by atoms with E-state index in [1.165, 1.54) is 0 Å². The van der Waals surface area contributed by atoms with Crippen molar-refractivity contribution in [3.05, 3.63) is 58.3 Å². The highest BCUT2D eigenvalue weighted by molar-refractivity contribution is 7.08. The number of ether oxygens (including phenoxy) is 1. The molecule has 1 saturated heterocycles. The van der Waals surface area contributed by atoms with Crippen molar-refractivity contribution in [2.45, 2.75) is 12.0 Å². The van der Waals surface area contributed by atoms with Crippen LogP contribution in [0.25, 0.3) is 0 Å². The Morgan fingerprint density at radius 1 is 1.14 bits per heavy atom. The van der Waals surface area contributed by atoms with Crippen molar-refractivity contribution in [2.24, 2.45) is 0 Å². The van der Waals surface area contributed by atoms with Gasteiger partial charge < -0.3 is 14.3 Å². The molecule has 118 valence electrons. The van der Waals surface area contributed by atoms with Crippen LogP contribution in [0.3, 0.4) is 0 Å². The van der Waals surface area contributed by atoms with Crippen LogP contribution < -0.4 is 0 Å². The molecule has 0 amide bonds. The summed E-state index contributed by atoms with van der Waals surface area (Å²) in [4.78, 5) is 0. The highest BCUT2D eigenvalue weighted by atomic mass is 32.1. The molecule has 0 spiro atoms. The molecule has 2 heterocycles. The van der Waals surface area contributed by atoms with Gasteiger partial charge in [-0.1, -0.05) is 30.3 Å². The molecule has 0 saturated carbocycles. The molecule has 22 heavy (non-hydrogen) atoms. The normalized spacial score (nSPS) is 20.5. The first-order valence-electron chi connectivity index (χ1n) is 7.84. The van der Waals surface area contributed by atoms with Crippen LogP contribution in [0.2, 0.25) is 0 Å². The van der Waals surface area contributed by atoms with Crippen LogP contribution in [-0.2, 0) is 10.3 Å². The second-order valence-electron chi connectivity index (χ2n) is 6.39. The van der Waals surface area contributed by atoms with Crippen LogP contribution in [0.5, 0.6) is 0 Å². The van der Waals surface area contributed by atoms with Crippen LogP contribution in [0.4, 0.5) is 0 Å². The smallest absolute Gasteiger partial charge is 0.121 e. The Morgan fingerprint density at radius 3 is 2.50 bits per heavy atom. The average Bonchev–Trinajstić information content (AvgIpc) is 3.09. The largest absolute Gasteiger partial charge is 0.380 e. The number of nitrogens with zero attached hydrogens (tertiary/aromatic N) is 1. The Bertz CT molecular complexity index is 578. The molecule has 3 rings (SSSR count). The lowest BCUT2D eigenvalue weighted by molar-refractivity contribution is -0.917. The summed E-state index contributed by atoms with van der Waals surface area (Å²) in [5.74, 6) is 0. The van der Waals surface area contributed by atoms with E-state index >= 15 is 0 Å². The van der Waals surface area contributed by atoms with E-state index in [1.807, 2.05) is 41.8 Å². The number of hydrogen-bond acceptors (Lipinski definition) is 3. The molecule has 1 N–H and O–H groups in total. The van der Waals surface area contributed by atoms with Crippen molar-refractivity contribution in [1.29, 1.82) is 0 Å². The Kier molecular flexibility index (Phi) is 4.64. The third-order valence-corrected chi connectivity index (χ3v) is 5.50. The number of thiophene rings is 1. The first kappa shape index (κ1) is 15.7. The zero-order chi connectivity index (χ0) is 15.5. The van der Waals surface area contributed by atoms with E-state index in [1.54, 1.807) is 11.3 Å². The minimum absolute atomic E-state index is 0.726. The van der Waals surface area contributed by atoms with Crippen LogP contribution in [0.15, 0.2) is 47.2 Å². The van der Waals surface area contributed by atoms with Gasteiger partial charge in [-0.2, -0.15) is 11.3 Å². The van der Waals surface area contributed by atoms with E-state index < -0.39 is 5.60 Å². The summed E-state index contributed by atoms with van der Waals surface area (Å²) in [5.41, 5.74) is 1.08. The Hall–Kier alpha value is -1.20. The Morgan fingerprint density at radius 2 is 1.86 bits per heavy atom. The zero-order valence-electron chi connectivity index (χ0n) is 13.1. The number of quaternary nitrogens is 1. The first-order chi connectivity index (χ1) is 10.6. The first-order valence-corrected chi connectivity index (χ1v) is 8.79. The molecular formula is C18H24NO2S+. The quantitative estimate of drug-likeness (QED) is 0.859. The number of benzene rings is 1. The lowest BCUT2D eigenvalue weighted by atomic mass is 9.84. The van der Waals surface area contributed by atoms with E-state index in [9.17, 15) is 5.11 Å². The van der Waals surface area contributed by atoms with Crippen molar-refractivity contribution >= 4 is 11.3 Å². The summed E-state index contributed by atoms with van der Waals surface area (Å²) < 4.78 is 6.45. The number of hydrogen-bond donors (Lipinski definition) is 1. The zero-order valence-corrected chi connectivity index (χ0v) is 13.9. The molecular weight excluding hydrogens is 294 g/mol. The van der Waals surface area contributed by atoms with E-state index in [2.05, 4.69) is 12.4 Å². The number of aliphatic hydroxyl groups is 1. The van der Waals surface area contributed by atoms with Gasteiger partial charge in [0.1, 0.15) is 18.7 Å². The molecule has 1 aliphatic heterocycles. The lowest BCUT2D eigenvalue weighted by Gasteiger charge is -2.40. The highest BCUT2D eigenvalue weighted by Gasteiger charge is 2.36. The van der Waals surface area contributed by atoms with Gasteiger partial charge >= 0.3 is 0 Å². The molecule has 2 aromatic rings. The Balaban J connectivity index is 1.84. The number of morpholine rings is 1. The van der Waals surface area contributed by atoms with Crippen LogP contribution in [-0.4, -0.2) is 49.5 Å². The Labute approximate surface area is 136 Å². The van der Waals surface area contributed by atoms with Crippen molar-refractivity contribution in [3.63, 3.8) is 0 Å². The van der Waals surface area contributed by atoms with E-state index in [4.69, 9.17) is 4.74 Å². The van der Waals surface area contributed by atoms with Crippen LogP contribution >= 0.6 is 11.3 Å². The molecule has 1 unspecified atom stereocenters. The van der Waals surface area contributed by atoms with Crippen molar-refractivity contribution in [1.82, 2.24) is 0 Å². The predicted molar refractivity (Wildman–Crippen MR) is 90.0 cm³/mol. The predicted octanol–water partition coefficient (Wildman–Crippen LogP) is 2.85. The summed E-state index contributed by atoms with van der Waals surface area (Å²) in [6.45, 7) is 4.63. The maximum absolute atomic E-state index is 11.5. The number of rotatable bonds is 5. The fourth-order valence-electron chi connectivity index (χ4n) is 3.11. The summed E-state index contributed by atoms with van der Waals surface area (Å²) in [6.07, 6.45) is 0.726. The van der Waals surface area contributed by atoms with Gasteiger partial charge in [-0.15, -0.1) is 0 Å². The van der Waals surface area contributed by atoms with Gasteiger partial charge in [0.2, 0.25) is 0 Å². The number of likely N-dealkylation sites (N-methyl/N-ethyl adjacent to an activating group) is 1. The highest BCUT2D eigenvalue weighted by Crippen LogP contribution is 2.35. The summed E-state index contributed by atoms with van der Waals surface area (Å²) in [5, 5.41) is 15.6. The summed E-state index contributed by atoms with van der Waals surface area (Å²) in [7, 11) is 2.27. The second kappa shape index (κ2) is 6.50. The standard InChI is InChI=1S/C18H24NO2S/c1-19(10-12-21-13-11-19)9-8-18(20,17-7-14-22-15-17)16-5-3-2-4-6-16/h2-7,14-15,20H,8-13H2,1H3/q+1. The maximum Gasteiger partial charge on any atom is 0.121 e. The fourth-order valence-corrected chi connectivity index (χ4v) is 3.83. The second-order valence-corrected chi connectivity index (χ2v) is 7.17. The van der Waals surface area contributed by atoms with Gasteiger partial charge in [0.25, 0.3) is 0 Å². The maximum atomic E-state index is 11.5. The lowest BCUT2D eigenvalue weighted by Crippen LogP contribution is -2.53. The minimum atomic E-state index is -0.902. The molecule has 1 aliphatic rings.